The van der Waals surface area contributed by atoms with E-state index in [-0.39, 0.29) is 17.1 Å². The molecule has 0 aromatic heterocycles. The standard InChI is InChI=1S/C11H15ClFNO2S/c1-2-10(14)7-17(15,16)6-8-5-9(12)3-4-11(8)13/h3-5,10H,2,6-7,14H2,1H3. The minimum atomic E-state index is -3.41. The zero-order valence-electron chi connectivity index (χ0n) is 9.49. The van der Waals surface area contributed by atoms with Crippen LogP contribution in [0.4, 0.5) is 4.39 Å². The number of benzene rings is 1. The summed E-state index contributed by atoms with van der Waals surface area (Å²) in [6.45, 7) is 1.81. The van der Waals surface area contributed by atoms with Gasteiger partial charge in [0, 0.05) is 16.6 Å². The first-order chi connectivity index (χ1) is 7.84. The Hall–Kier alpha value is -0.650. The second-order valence-electron chi connectivity index (χ2n) is 3.96. The van der Waals surface area contributed by atoms with Crippen molar-refractivity contribution in [1.82, 2.24) is 0 Å². The van der Waals surface area contributed by atoms with Crippen LogP contribution in [0.2, 0.25) is 5.02 Å². The Morgan fingerprint density at radius 2 is 2.12 bits per heavy atom. The molecular formula is C11H15ClFNO2S. The predicted molar refractivity (Wildman–Crippen MR) is 67.2 cm³/mol. The molecule has 17 heavy (non-hydrogen) atoms. The molecule has 1 unspecified atom stereocenters. The van der Waals surface area contributed by atoms with E-state index in [9.17, 15) is 12.8 Å². The van der Waals surface area contributed by atoms with E-state index in [1.54, 1.807) is 6.92 Å². The van der Waals surface area contributed by atoms with Crippen molar-refractivity contribution in [1.29, 1.82) is 0 Å². The Morgan fingerprint density at radius 3 is 2.71 bits per heavy atom. The summed E-state index contributed by atoms with van der Waals surface area (Å²) < 4.78 is 36.9. The van der Waals surface area contributed by atoms with Gasteiger partial charge < -0.3 is 5.73 Å². The van der Waals surface area contributed by atoms with Gasteiger partial charge in [0.25, 0.3) is 0 Å². The first-order valence-electron chi connectivity index (χ1n) is 5.24. The van der Waals surface area contributed by atoms with Crippen LogP contribution in [0.15, 0.2) is 18.2 Å². The number of halogens is 2. The van der Waals surface area contributed by atoms with Gasteiger partial charge in [0.15, 0.2) is 9.84 Å². The van der Waals surface area contributed by atoms with Gasteiger partial charge in [0.2, 0.25) is 0 Å². The Kier molecular flexibility index (Phi) is 4.91. The zero-order valence-corrected chi connectivity index (χ0v) is 11.1. The van der Waals surface area contributed by atoms with Crippen molar-refractivity contribution in [2.45, 2.75) is 25.1 Å². The van der Waals surface area contributed by atoms with Crippen molar-refractivity contribution in [3.63, 3.8) is 0 Å². The second kappa shape index (κ2) is 5.80. The molecule has 1 rings (SSSR count). The quantitative estimate of drug-likeness (QED) is 0.898. The largest absolute Gasteiger partial charge is 0.327 e. The Labute approximate surface area is 106 Å². The highest BCUT2D eigenvalue weighted by atomic mass is 35.5. The van der Waals surface area contributed by atoms with E-state index in [1.165, 1.54) is 12.1 Å². The van der Waals surface area contributed by atoms with E-state index in [4.69, 9.17) is 17.3 Å². The fourth-order valence-corrected chi connectivity index (χ4v) is 3.29. The van der Waals surface area contributed by atoms with E-state index in [0.29, 0.717) is 11.4 Å². The van der Waals surface area contributed by atoms with Gasteiger partial charge in [0.1, 0.15) is 5.82 Å². The van der Waals surface area contributed by atoms with Crippen molar-refractivity contribution in [3.05, 3.63) is 34.6 Å². The lowest BCUT2D eigenvalue weighted by molar-refractivity contribution is 0.577. The maximum Gasteiger partial charge on any atom is 0.156 e. The maximum absolute atomic E-state index is 13.4. The molecule has 0 aliphatic carbocycles. The number of sulfone groups is 1. The third-order valence-corrected chi connectivity index (χ3v) is 4.30. The summed E-state index contributed by atoms with van der Waals surface area (Å²) in [5, 5.41) is 0.316. The van der Waals surface area contributed by atoms with Crippen LogP contribution >= 0.6 is 11.6 Å². The van der Waals surface area contributed by atoms with Gasteiger partial charge >= 0.3 is 0 Å². The molecule has 2 N–H and O–H groups in total. The van der Waals surface area contributed by atoms with E-state index in [0.717, 1.165) is 6.07 Å². The van der Waals surface area contributed by atoms with Crippen LogP contribution in [0.1, 0.15) is 18.9 Å². The van der Waals surface area contributed by atoms with Gasteiger partial charge in [-0.05, 0) is 24.6 Å². The van der Waals surface area contributed by atoms with Crippen molar-refractivity contribution in [2.24, 2.45) is 5.73 Å². The SMILES string of the molecule is CCC(N)CS(=O)(=O)Cc1cc(Cl)ccc1F. The van der Waals surface area contributed by atoms with Crippen LogP contribution in [-0.4, -0.2) is 20.2 Å². The monoisotopic (exact) mass is 279 g/mol. The average Bonchev–Trinajstić information content (AvgIpc) is 2.22. The molecule has 0 aliphatic rings. The summed E-state index contributed by atoms with van der Waals surface area (Å²) in [7, 11) is -3.41. The Balaban J connectivity index is 2.86. The molecule has 0 bridgehead atoms. The summed E-state index contributed by atoms with van der Waals surface area (Å²) in [4.78, 5) is 0. The summed E-state index contributed by atoms with van der Waals surface area (Å²) in [5.41, 5.74) is 5.67. The highest BCUT2D eigenvalue weighted by molar-refractivity contribution is 7.90. The molecule has 0 aliphatic heterocycles. The smallest absolute Gasteiger partial charge is 0.156 e. The van der Waals surface area contributed by atoms with E-state index >= 15 is 0 Å². The van der Waals surface area contributed by atoms with Crippen LogP contribution in [-0.2, 0) is 15.6 Å². The topological polar surface area (TPSA) is 60.2 Å². The molecule has 0 heterocycles. The third-order valence-electron chi connectivity index (χ3n) is 2.38. The van der Waals surface area contributed by atoms with Crippen LogP contribution < -0.4 is 5.73 Å². The molecule has 96 valence electrons. The van der Waals surface area contributed by atoms with Crippen molar-refractivity contribution in [3.8, 4) is 0 Å². The summed E-state index contributed by atoms with van der Waals surface area (Å²) >= 11 is 5.69. The van der Waals surface area contributed by atoms with Gasteiger partial charge in [-0.3, -0.25) is 0 Å². The highest BCUT2D eigenvalue weighted by Crippen LogP contribution is 2.17. The van der Waals surface area contributed by atoms with Crippen molar-refractivity contribution >= 4 is 21.4 Å². The van der Waals surface area contributed by atoms with Gasteiger partial charge in [-0.1, -0.05) is 18.5 Å². The van der Waals surface area contributed by atoms with Crippen molar-refractivity contribution < 1.29 is 12.8 Å². The van der Waals surface area contributed by atoms with Crippen LogP contribution in [0.25, 0.3) is 0 Å². The fourth-order valence-electron chi connectivity index (χ4n) is 1.39. The van der Waals surface area contributed by atoms with Crippen molar-refractivity contribution in [2.75, 3.05) is 5.75 Å². The lowest BCUT2D eigenvalue weighted by Gasteiger charge is -2.10. The van der Waals surface area contributed by atoms with E-state index in [1.807, 2.05) is 0 Å². The molecular weight excluding hydrogens is 265 g/mol. The third kappa shape index (κ3) is 4.61. The number of hydrogen-bond acceptors (Lipinski definition) is 3. The molecule has 0 spiro atoms. The molecule has 0 saturated carbocycles. The lowest BCUT2D eigenvalue weighted by atomic mass is 10.2. The van der Waals surface area contributed by atoms with E-state index in [2.05, 4.69) is 0 Å². The molecule has 1 aromatic carbocycles. The summed E-state index contributed by atoms with van der Waals surface area (Å²) in [5.74, 6) is -1.08. The second-order valence-corrected chi connectivity index (χ2v) is 6.50. The normalized spacial score (nSPS) is 13.6. The highest BCUT2D eigenvalue weighted by Gasteiger charge is 2.18. The Bertz CT molecular complexity index is 490. The van der Waals surface area contributed by atoms with Gasteiger partial charge in [-0.15, -0.1) is 0 Å². The molecule has 6 heteroatoms. The summed E-state index contributed by atoms with van der Waals surface area (Å²) in [6, 6.07) is 3.45. The molecule has 3 nitrogen and oxygen atoms in total. The average molecular weight is 280 g/mol. The first kappa shape index (κ1) is 14.4. The first-order valence-corrected chi connectivity index (χ1v) is 7.44. The molecule has 1 aromatic rings. The molecule has 0 fully saturated rings. The van der Waals surface area contributed by atoms with Crippen LogP contribution in [0.3, 0.4) is 0 Å². The van der Waals surface area contributed by atoms with Gasteiger partial charge in [0.05, 0.1) is 11.5 Å². The lowest BCUT2D eigenvalue weighted by Crippen LogP contribution is -2.29. The van der Waals surface area contributed by atoms with Crippen LogP contribution in [0.5, 0.6) is 0 Å². The number of nitrogens with two attached hydrogens (primary N) is 1. The minimum absolute atomic E-state index is 0.0841. The van der Waals surface area contributed by atoms with Crippen LogP contribution in [0, 0.1) is 5.82 Å². The number of rotatable bonds is 5. The Morgan fingerprint density at radius 1 is 1.47 bits per heavy atom. The number of hydrogen-bond donors (Lipinski definition) is 1. The van der Waals surface area contributed by atoms with Gasteiger partial charge in [-0.25, -0.2) is 12.8 Å². The van der Waals surface area contributed by atoms with E-state index < -0.39 is 21.7 Å². The summed E-state index contributed by atoms with van der Waals surface area (Å²) in [6.07, 6.45) is 0.567. The molecule has 1 atom stereocenters. The fraction of sp³-hybridized carbons (Fsp3) is 0.455. The van der Waals surface area contributed by atoms with Gasteiger partial charge in [-0.2, -0.15) is 0 Å². The molecule has 0 radical (unpaired) electrons. The molecule has 0 saturated heterocycles. The molecule has 0 amide bonds. The maximum atomic E-state index is 13.4. The zero-order chi connectivity index (χ0) is 13.1. The minimum Gasteiger partial charge on any atom is -0.327 e. The predicted octanol–water partition coefficient (Wildman–Crippen LogP) is 2.13.